The zero-order valence-corrected chi connectivity index (χ0v) is 14.3. The first-order valence-electron chi connectivity index (χ1n) is 6.68. The zero-order valence-electron chi connectivity index (χ0n) is 11.2. The van der Waals surface area contributed by atoms with Gasteiger partial charge in [0.05, 0.1) is 15.6 Å². The topological polar surface area (TPSA) is 38.9 Å². The van der Waals surface area contributed by atoms with Crippen LogP contribution in [0.4, 0.5) is 0 Å². The molecular formula is C14H16Cl2N2S2. The van der Waals surface area contributed by atoms with Crippen molar-refractivity contribution in [3.05, 3.63) is 25.1 Å². The first kappa shape index (κ1) is 14.8. The van der Waals surface area contributed by atoms with Gasteiger partial charge in [0.2, 0.25) is 0 Å². The average Bonchev–Trinajstić information content (AvgIpc) is 3.00. The Labute approximate surface area is 136 Å². The molecule has 2 heterocycles. The molecule has 2 aromatic rings. The van der Waals surface area contributed by atoms with Gasteiger partial charge in [-0.05, 0) is 37.7 Å². The Bertz CT molecular complexity index is 612. The van der Waals surface area contributed by atoms with Crippen molar-refractivity contribution in [3.63, 3.8) is 0 Å². The molecule has 1 aliphatic carbocycles. The number of nitrogens with zero attached hydrogens (tertiary/aromatic N) is 1. The first-order valence-corrected chi connectivity index (χ1v) is 9.13. The Morgan fingerprint density at radius 3 is 2.65 bits per heavy atom. The monoisotopic (exact) mass is 346 g/mol. The van der Waals surface area contributed by atoms with Crippen LogP contribution in [-0.2, 0) is 5.54 Å². The number of thiazole rings is 1. The quantitative estimate of drug-likeness (QED) is 0.774. The summed E-state index contributed by atoms with van der Waals surface area (Å²) in [6.07, 6.45) is 4.38. The smallest absolute Gasteiger partial charge is 0.113 e. The second-order valence-corrected chi connectivity index (χ2v) is 8.76. The highest BCUT2D eigenvalue weighted by Gasteiger charge is 2.34. The summed E-state index contributed by atoms with van der Waals surface area (Å²) in [5.74, 6) is 0.774. The van der Waals surface area contributed by atoms with Gasteiger partial charge < -0.3 is 5.73 Å². The number of rotatable bonds is 2. The van der Waals surface area contributed by atoms with Crippen LogP contribution in [0.5, 0.6) is 0 Å². The molecule has 20 heavy (non-hydrogen) atoms. The van der Waals surface area contributed by atoms with Crippen molar-refractivity contribution in [1.82, 2.24) is 4.98 Å². The summed E-state index contributed by atoms with van der Waals surface area (Å²) in [4.78, 5) is 4.73. The third-order valence-corrected chi connectivity index (χ3v) is 6.58. The highest BCUT2D eigenvalue weighted by Crippen LogP contribution is 2.42. The third kappa shape index (κ3) is 2.77. The second kappa shape index (κ2) is 5.58. The summed E-state index contributed by atoms with van der Waals surface area (Å²) in [6.45, 7) is 2.29. The number of hydrogen-bond acceptors (Lipinski definition) is 4. The molecule has 2 nitrogen and oxygen atoms in total. The van der Waals surface area contributed by atoms with Gasteiger partial charge in [0.15, 0.2) is 0 Å². The molecule has 0 bridgehead atoms. The van der Waals surface area contributed by atoms with E-state index in [9.17, 15) is 0 Å². The predicted octanol–water partition coefficient (Wildman–Crippen LogP) is 5.54. The molecule has 0 radical (unpaired) electrons. The lowest BCUT2D eigenvalue weighted by Crippen LogP contribution is -2.40. The van der Waals surface area contributed by atoms with E-state index in [1.807, 2.05) is 11.4 Å². The Morgan fingerprint density at radius 2 is 2.05 bits per heavy atom. The van der Waals surface area contributed by atoms with Gasteiger partial charge >= 0.3 is 0 Å². The van der Waals surface area contributed by atoms with E-state index < -0.39 is 0 Å². The lowest BCUT2D eigenvalue weighted by Gasteiger charge is -2.34. The van der Waals surface area contributed by atoms with Crippen LogP contribution >= 0.6 is 45.9 Å². The van der Waals surface area contributed by atoms with Gasteiger partial charge in [0.25, 0.3) is 0 Å². The van der Waals surface area contributed by atoms with Crippen molar-refractivity contribution in [3.8, 4) is 11.3 Å². The maximum absolute atomic E-state index is 6.57. The van der Waals surface area contributed by atoms with Crippen LogP contribution in [0.25, 0.3) is 11.3 Å². The van der Waals surface area contributed by atoms with E-state index in [2.05, 4.69) is 6.92 Å². The SMILES string of the molecule is CC1CCC(N)(c2nc(-c3cc(Cl)sc3Cl)cs2)CC1. The van der Waals surface area contributed by atoms with Gasteiger partial charge in [-0.1, -0.05) is 30.1 Å². The summed E-state index contributed by atoms with van der Waals surface area (Å²) in [7, 11) is 0. The van der Waals surface area contributed by atoms with Crippen LogP contribution in [0, 0.1) is 5.92 Å². The molecular weight excluding hydrogens is 331 g/mol. The van der Waals surface area contributed by atoms with E-state index in [0.29, 0.717) is 8.67 Å². The first-order chi connectivity index (χ1) is 9.48. The number of nitrogens with two attached hydrogens (primary N) is 1. The highest BCUT2D eigenvalue weighted by atomic mass is 35.5. The Hall–Kier alpha value is -0.130. The average molecular weight is 347 g/mol. The van der Waals surface area contributed by atoms with Gasteiger partial charge in [-0.3, -0.25) is 0 Å². The molecule has 1 fully saturated rings. The molecule has 0 saturated heterocycles. The molecule has 0 aromatic carbocycles. The minimum absolute atomic E-state index is 0.262. The van der Waals surface area contributed by atoms with E-state index in [1.54, 1.807) is 11.3 Å². The van der Waals surface area contributed by atoms with Crippen molar-refractivity contribution < 1.29 is 0 Å². The van der Waals surface area contributed by atoms with Crippen LogP contribution in [0.3, 0.4) is 0 Å². The fraction of sp³-hybridized carbons (Fsp3) is 0.500. The summed E-state index contributed by atoms with van der Waals surface area (Å²) in [5, 5.41) is 3.06. The number of hydrogen-bond donors (Lipinski definition) is 1. The van der Waals surface area contributed by atoms with Gasteiger partial charge in [-0.15, -0.1) is 22.7 Å². The third-order valence-electron chi connectivity index (χ3n) is 4.03. The van der Waals surface area contributed by atoms with Crippen LogP contribution < -0.4 is 5.73 Å². The minimum Gasteiger partial charge on any atom is -0.319 e. The Balaban J connectivity index is 1.89. The van der Waals surface area contributed by atoms with Gasteiger partial charge in [0.1, 0.15) is 9.34 Å². The molecule has 2 N–H and O–H groups in total. The van der Waals surface area contributed by atoms with Gasteiger partial charge in [0, 0.05) is 10.9 Å². The largest absolute Gasteiger partial charge is 0.319 e. The lowest BCUT2D eigenvalue weighted by atomic mass is 9.78. The summed E-state index contributed by atoms with van der Waals surface area (Å²) in [5.41, 5.74) is 8.11. The zero-order chi connectivity index (χ0) is 14.3. The van der Waals surface area contributed by atoms with Crippen molar-refractivity contribution in [1.29, 1.82) is 0 Å². The molecule has 108 valence electrons. The lowest BCUT2D eigenvalue weighted by molar-refractivity contribution is 0.247. The van der Waals surface area contributed by atoms with E-state index in [-0.39, 0.29) is 5.54 Å². The van der Waals surface area contributed by atoms with Crippen molar-refractivity contribution in [2.45, 2.75) is 38.1 Å². The molecule has 2 aromatic heterocycles. The van der Waals surface area contributed by atoms with Crippen molar-refractivity contribution >= 4 is 45.9 Å². The van der Waals surface area contributed by atoms with Crippen LogP contribution in [0.2, 0.25) is 8.67 Å². The summed E-state index contributed by atoms with van der Waals surface area (Å²) >= 11 is 15.2. The van der Waals surface area contributed by atoms with Crippen LogP contribution in [0.1, 0.15) is 37.6 Å². The summed E-state index contributed by atoms with van der Waals surface area (Å²) in [6, 6.07) is 1.87. The van der Waals surface area contributed by atoms with E-state index in [1.165, 1.54) is 24.2 Å². The van der Waals surface area contributed by atoms with E-state index in [0.717, 1.165) is 35.0 Å². The Kier molecular flexibility index (Phi) is 4.13. The Morgan fingerprint density at radius 1 is 1.35 bits per heavy atom. The molecule has 6 heteroatoms. The minimum atomic E-state index is -0.262. The molecule has 0 atom stereocenters. The number of thiophene rings is 1. The molecule has 1 aliphatic rings. The molecule has 3 rings (SSSR count). The van der Waals surface area contributed by atoms with Crippen LogP contribution in [-0.4, -0.2) is 4.98 Å². The normalized spacial score (nSPS) is 26.9. The molecule has 1 saturated carbocycles. The van der Waals surface area contributed by atoms with Crippen molar-refractivity contribution in [2.24, 2.45) is 11.7 Å². The van der Waals surface area contributed by atoms with Crippen molar-refractivity contribution in [2.75, 3.05) is 0 Å². The molecule has 0 unspecified atom stereocenters. The second-order valence-electron chi connectivity index (χ2n) is 5.61. The van der Waals surface area contributed by atoms with Crippen LogP contribution in [0.15, 0.2) is 11.4 Å². The number of aromatic nitrogens is 1. The maximum Gasteiger partial charge on any atom is 0.113 e. The van der Waals surface area contributed by atoms with Gasteiger partial charge in [-0.25, -0.2) is 4.98 Å². The van der Waals surface area contributed by atoms with E-state index in [4.69, 9.17) is 33.9 Å². The summed E-state index contributed by atoms with van der Waals surface area (Å²) < 4.78 is 1.38. The molecule has 0 amide bonds. The standard InChI is InChI=1S/C14H16Cl2N2S2/c1-8-2-4-14(17,5-3-8)13-18-10(7-19-13)9-6-11(15)20-12(9)16/h6-8H,2-5,17H2,1H3. The fourth-order valence-electron chi connectivity index (χ4n) is 2.63. The highest BCUT2D eigenvalue weighted by molar-refractivity contribution is 7.20. The maximum atomic E-state index is 6.57. The molecule has 0 aliphatic heterocycles. The predicted molar refractivity (Wildman–Crippen MR) is 88.9 cm³/mol. The number of halogens is 2. The van der Waals surface area contributed by atoms with Gasteiger partial charge in [-0.2, -0.15) is 0 Å². The van der Waals surface area contributed by atoms with E-state index >= 15 is 0 Å². The fourth-order valence-corrected chi connectivity index (χ4v) is 5.11. The molecule has 0 spiro atoms.